The van der Waals surface area contributed by atoms with E-state index < -0.39 is 0 Å². The van der Waals surface area contributed by atoms with Gasteiger partial charge >= 0.3 is 0 Å². The van der Waals surface area contributed by atoms with E-state index >= 15 is 0 Å². The molecule has 21 heavy (non-hydrogen) atoms. The molecule has 0 atom stereocenters. The molecular weight excluding hydrogens is 290 g/mol. The zero-order valence-corrected chi connectivity index (χ0v) is 12.5. The van der Waals surface area contributed by atoms with Crippen molar-refractivity contribution in [1.29, 1.82) is 0 Å². The van der Waals surface area contributed by atoms with Crippen LogP contribution in [0.15, 0.2) is 34.5 Å². The number of hydrogen-bond acceptors (Lipinski definition) is 8. The molecule has 0 aliphatic rings. The minimum atomic E-state index is 0.0395. The number of aromatic nitrogens is 2. The lowest BCUT2D eigenvalue weighted by atomic mass is 10.2. The van der Waals surface area contributed by atoms with Crippen LogP contribution in [-0.2, 0) is 0 Å². The predicted molar refractivity (Wildman–Crippen MR) is 81.6 cm³/mol. The molecule has 1 heterocycles. The second-order valence-corrected chi connectivity index (χ2v) is 5.41. The van der Waals surface area contributed by atoms with E-state index in [0.29, 0.717) is 23.9 Å². The van der Waals surface area contributed by atoms with Crippen molar-refractivity contribution in [2.24, 2.45) is 10.2 Å². The summed E-state index contributed by atoms with van der Waals surface area (Å²) in [7, 11) is 0. The Hall–Kier alpha value is -1.90. The van der Waals surface area contributed by atoms with Gasteiger partial charge in [0.05, 0.1) is 18.9 Å². The van der Waals surface area contributed by atoms with E-state index in [-0.39, 0.29) is 13.2 Å². The average Bonchev–Trinajstić information content (AvgIpc) is 2.91. The van der Waals surface area contributed by atoms with Crippen molar-refractivity contribution in [1.82, 2.24) is 10.2 Å². The summed E-state index contributed by atoms with van der Waals surface area (Å²) in [5, 5.41) is 35.3. The number of azo groups is 1. The topological polar surface area (TPSA) is 94.2 Å². The molecule has 0 unspecified atom stereocenters. The van der Waals surface area contributed by atoms with E-state index in [2.05, 4.69) is 20.4 Å². The van der Waals surface area contributed by atoms with Gasteiger partial charge in [-0.05, 0) is 31.2 Å². The second-order valence-electron chi connectivity index (χ2n) is 4.25. The van der Waals surface area contributed by atoms with Crippen LogP contribution in [0.25, 0.3) is 0 Å². The van der Waals surface area contributed by atoms with Gasteiger partial charge in [-0.25, -0.2) is 0 Å². The molecule has 0 fully saturated rings. The first-order chi connectivity index (χ1) is 10.2. The number of rotatable bonds is 7. The highest BCUT2D eigenvalue weighted by atomic mass is 32.1. The van der Waals surface area contributed by atoms with Crippen molar-refractivity contribution in [2.45, 2.75) is 6.92 Å². The third-order valence-corrected chi connectivity index (χ3v) is 3.44. The number of aryl methyl sites for hydroxylation is 1. The Morgan fingerprint density at radius 1 is 1.05 bits per heavy atom. The SMILES string of the molecule is Cc1nnc(N=Nc2ccc(N(CCO)CCO)cc2)s1. The summed E-state index contributed by atoms with van der Waals surface area (Å²) in [5.74, 6) is 0. The van der Waals surface area contributed by atoms with Crippen LogP contribution < -0.4 is 4.90 Å². The lowest BCUT2D eigenvalue weighted by molar-refractivity contribution is 0.281. The molecule has 8 heteroatoms. The molecule has 0 spiro atoms. The molecule has 2 aromatic rings. The number of aliphatic hydroxyl groups excluding tert-OH is 2. The average molecular weight is 307 g/mol. The smallest absolute Gasteiger partial charge is 0.251 e. The summed E-state index contributed by atoms with van der Waals surface area (Å²) >= 11 is 1.38. The molecule has 0 saturated carbocycles. The normalized spacial score (nSPS) is 11.2. The van der Waals surface area contributed by atoms with Gasteiger partial charge in [-0.15, -0.1) is 20.4 Å². The number of hydrogen-bond donors (Lipinski definition) is 2. The lowest BCUT2D eigenvalue weighted by Crippen LogP contribution is -2.29. The molecule has 0 bridgehead atoms. The van der Waals surface area contributed by atoms with Gasteiger partial charge in [-0.2, -0.15) is 0 Å². The van der Waals surface area contributed by atoms with E-state index in [9.17, 15) is 0 Å². The highest BCUT2D eigenvalue weighted by molar-refractivity contribution is 7.14. The van der Waals surface area contributed by atoms with Crippen LogP contribution in [0.5, 0.6) is 0 Å². The number of aliphatic hydroxyl groups is 2. The molecule has 7 nitrogen and oxygen atoms in total. The molecule has 112 valence electrons. The fourth-order valence-electron chi connectivity index (χ4n) is 1.77. The summed E-state index contributed by atoms with van der Waals surface area (Å²) in [6.07, 6.45) is 0. The maximum absolute atomic E-state index is 9.02. The van der Waals surface area contributed by atoms with Gasteiger partial charge in [0.2, 0.25) is 0 Å². The van der Waals surface area contributed by atoms with Crippen molar-refractivity contribution >= 4 is 27.8 Å². The van der Waals surface area contributed by atoms with Gasteiger partial charge in [-0.1, -0.05) is 11.3 Å². The quantitative estimate of drug-likeness (QED) is 0.763. The standard InChI is InChI=1S/C13H17N5O2S/c1-10-14-16-13(21-10)17-15-11-2-4-12(5-3-11)18(6-8-19)7-9-20/h2-5,19-20H,6-9H2,1H3. The highest BCUT2D eigenvalue weighted by Crippen LogP contribution is 2.23. The predicted octanol–water partition coefficient (Wildman–Crippen LogP) is 2.05. The van der Waals surface area contributed by atoms with E-state index in [1.165, 1.54) is 11.3 Å². The van der Waals surface area contributed by atoms with Gasteiger partial charge in [0, 0.05) is 18.8 Å². The maximum Gasteiger partial charge on any atom is 0.251 e. The monoisotopic (exact) mass is 307 g/mol. The Morgan fingerprint density at radius 3 is 2.24 bits per heavy atom. The first kappa shape index (κ1) is 15.5. The molecule has 1 aromatic carbocycles. The van der Waals surface area contributed by atoms with E-state index in [1.54, 1.807) is 0 Å². The summed E-state index contributed by atoms with van der Waals surface area (Å²) < 4.78 is 0. The summed E-state index contributed by atoms with van der Waals surface area (Å²) in [6, 6.07) is 7.42. The maximum atomic E-state index is 9.02. The summed E-state index contributed by atoms with van der Waals surface area (Å²) in [6.45, 7) is 2.90. The molecule has 2 rings (SSSR count). The van der Waals surface area contributed by atoms with Crippen LogP contribution in [-0.4, -0.2) is 46.7 Å². The molecule has 0 aliphatic heterocycles. The molecule has 2 N–H and O–H groups in total. The molecule has 0 amide bonds. The molecule has 0 aliphatic carbocycles. The highest BCUT2D eigenvalue weighted by Gasteiger charge is 2.05. The Kier molecular flexibility index (Phi) is 5.73. The van der Waals surface area contributed by atoms with Crippen molar-refractivity contribution in [3.8, 4) is 0 Å². The zero-order chi connectivity index (χ0) is 15.1. The second kappa shape index (κ2) is 7.77. The van der Waals surface area contributed by atoms with Crippen molar-refractivity contribution < 1.29 is 10.2 Å². The third-order valence-electron chi connectivity index (χ3n) is 2.72. The molecule has 1 aromatic heterocycles. The Labute approximate surface area is 126 Å². The molecule has 0 radical (unpaired) electrons. The molecule has 0 saturated heterocycles. The summed E-state index contributed by atoms with van der Waals surface area (Å²) in [5.41, 5.74) is 1.63. The molecular formula is C13H17N5O2S. The van der Waals surface area contributed by atoms with Crippen LogP contribution in [0.4, 0.5) is 16.5 Å². The van der Waals surface area contributed by atoms with Crippen LogP contribution in [0.1, 0.15) is 5.01 Å². The summed E-state index contributed by atoms with van der Waals surface area (Å²) in [4.78, 5) is 1.90. The van der Waals surface area contributed by atoms with Gasteiger partial charge in [0.1, 0.15) is 5.01 Å². The lowest BCUT2D eigenvalue weighted by Gasteiger charge is -2.22. The first-order valence-corrected chi connectivity index (χ1v) is 7.33. The Bertz CT molecular complexity index is 579. The van der Waals surface area contributed by atoms with Crippen LogP contribution >= 0.6 is 11.3 Å². The minimum absolute atomic E-state index is 0.0395. The van der Waals surface area contributed by atoms with Crippen LogP contribution in [0.2, 0.25) is 0 Å². The Morgan fingerprint density at radius 2 is 1.71 bits per heavy atom. The van der Waals surface area contributed by atoms with Crippen LogP contribution in [0, 0.1) is 6.92 Å². The minimum Gasteiger partial charge on any atom is -0.395 e. The zero-order valence-electron chi connectivity index (χ0n) is 11.7. The third kappa shape index (κ3) is 4.55. The fraction of sp³-hybridized carbons (Fsp3) is 0.385. The number of benzene rings is 1. The van der Waals surface area contributed by atoms with E-state index in [1.807, 2.05) is 36.1 Å². The van der Waals surface area contributed by atoms with Gasteiger partial charge < -0.3 is 15.1 Å². The Balaban J connectivity index is 2.05. The van der Waals surface area contributed by atoms with Crippen molar-refractivity contribution in [2.75, 3.05) is 31.2 Å². The fourth-order valence-corrected chi connectivity index (χ4v) is 2.28. The van der Waals surface area contributed by atoms with Crippen molar-refractivity contribution in [3.63, 3.8) is 0 Å². The number of nitrogens with zero attached hydrogens (tertiary/aromatic N) is 5. The first-order valence-electron chi connectivity index (χ1n) is 6.51. The van der Waals surface area contributed by atoms with Crippen molar-refractivity contribution in [3.05, 3.63) is 29.3 Å². The largest absolute Gasteiger partial charge is 0.395 e. The van der Waals surface area contributed by atoms with E-state index in [0.717, 1.165) is 10.7 Å². The van der Waals surface area contributed by atoms with Gasteiger partial charge in [0.25, 0.3) is 5.13 Å². The number of anilines is 1. The van der Waals surface area contributed by atoms with Crippen LogP contribution in [0.3, 0.4) is 0 Å². The van der Waals surface area contributed by atoms with Gasteiger partial charge in [0.15, 0.2) is 0 Å². The van der Waals surface area contributed by atoms with Gasteiger partial charge in [-0.3, -0.25) is 0 Å². The van der Waals surface area contributed by atoms with E-state index in [4.69, 9.17) is 10.2 Å².